The fraction of sp³-hybridized carbons (Fsp3) is 0.231. The summed E-state index contributed by atoms with van der Waals surface area (Å²) in [5.41, 5.74) is 2.01. The second-order valence-corrected chi connectivity index (χ2v) is 3.15. The SMILES string of the molecule is CC=Cc1cc(O)c(OC)cc1/C=C\C. The number of phenols is 1. The van der Waals surface area contributed by atoms with Crippen LogP contribution in [0, 0.1) is 0 Å². The summed E-state index contributed by atoms with van der Waals surface area (Å²) >= 11 is 0. The van der Waals surface area contributed by atoms with Crippen LogP contribution >= 0.6 is 0 Å². The van der Waals surface area contributed by atoms with E-state index < -0.39 is 0 Å². The van der Waals surface area contributed by atoms with Crippen molar-refractivity contribution in [1.82, 2.24) is 0 Å². The number of rotatable bonds is 3. The Kier molecular flexibility index (Phi) is 3.98. The second kappa shape index (κ2) is 5.25. The summed E-state index contributed by atoms with van der Waals surface area (Å²) in [5, 5.41) is 9.63. The van der Waals surface area contributed by atoms with Gasteiger partial charge in [0.05, 0.1) is 7.11 Å². The predicted molar refractivity (Wildman–Crippen MR) is 64.1 cm³/mol. The third kappa shape index (κ3) is 2.62. The Morgan fingerprint density at radius 2 is 1.60 bits per heavy atom. The smallest absolute Gasteiger partial charge is 0.161 e. The third-order valence-corrected chi connectivity index (χ3v) is 2.08. The molecule has 0 aromatic heterocycles. The molecule has 0 aliphatic rings. The average Bonchev–Trinajstić information content (AvgIpc) is 2.22. The maximum absolute atomic E-state index is 9.63. The molecule has 2 nitrogen and oxygen atoms in total. The van der Waals surface area contributed by atoms with Gasteiger partial charge >= 0.3 is 0 Å². The second-order valence-electron chi connectivity index (χ2n) is 3.15. The lowest BCUT2D eigenvalue weighted by atomic mass is 10.1. The molecule has 0 radical (unpaired) electrons. The standard InChI is InChI=1S/C13H16O2/c1-4-6-10-8-12(14)13(15-3)9-11(10)7-5-2/h4-9,14H,1-3H3/b6-4?,7-5-. The van der Waals surface area contributed by atoms with E-state index in [4.69, 9.17) is 4.74 Å². The molecular weight excluding hydrogens is 188 g/mol. The molecule has 0 spiro atoms. The summed E-state index contributed by atoms with van der Waals surface area (Å²) in [6, 6.07) is 3.53. The van der Waals surface area contributed by atoms with Crippen molar-refractivity contribution in [2.75, 3.05) is 7.11 Å². The fourth-order valence-corrected chi connectivity index (χ4v) is 1.41. The van der Waals surface area contributed by atoms with E-state index in [9.17, 15) is 5.11 Å². The molecular formula is C13H16O2. The van der Waals surface area contributed by atoms with Crippen LogP contribution in [0.4, 0.5) is 0 Å². The first-order valence-corrected chi connectivity index (χ1v) is 4.89. The number of hydrogen-bond acceptors (Lipinski definition) is 2. The van der Waals surface area contributed by atoms with Gasteiger partial charge in [-0.3, -0.25) is 0 Å². The minimum absolute atomic E-state index is 0.166. The molecule has 1 rings (SSSR count). The highest BCUT2D eigenvalue weighted by molar-refractivity contribution is 5.69. The van der Waals surface area contributed by atoms with Crippen molar-refractivity contribution in [2.45, 2.75) is 13.8 Å². The van der Waals surface area contributed by atoms with Crippen molar-refractivity contribution in [1.29, 1.82) is 0 Å². The molecule has 2 heteroatoms. The Labute approximate surface area is 90.5 Å². The maximum Gasteiger partial charge on any atom is 0.161 e. The molecule has 0 bridgehead atoms. The Bertz CT molecular complexity index is 390. The van der Waals surface area contributed by atoms with Gasteiger partial charge in [-0.05, 0) is 37.1 Å². The minimum atomic E-state index is 0.166. The topological polar surface area (TPSA) is 29.5 Å². The van der Waals surface area contributed by atoms with E-state index >= 15 is 0 Å². The van der Waals surface area contributed by atoms with Crippen LogP contribution in [0.2, 0.25) is 0 Å². The van der Waals surface area contributed by atoms with Crippen LogP contribution in [0.15, 0.2) is 24.3 Å². The minimum Gasteiger partial charge on any atom is -0.504 e. The van der Waals surface area contributed by atoms with E-state index in [2.05, 4.69) is 0 Å². The van der Waals surface area contributed by atoms with Gasteiger partial charge in [0, 0.05) is 0 Å². The first kappa shape index (κ1) is 11.4. The zero-order chi connectivity index (χ0) is 11.3. The molecule has 0 saturated carbocycles. The fourth-order valence-electron chi connectivity index (χ4n) is 1.41. The van der Waals surface area contributed by atoms with E-state index in [0.29, 0.717) is 5.75 Å². The highest BCUT2D eigenvalue weighted by Gasteiger charge is 2.05. The molecule has 0 fully saturated rings. The van der Waals surface area contributed by atoms with Crippen molar-refractivity contribution in [3.8, 4) is 11.5 Å². The van der Waals surface area contributed by atoms with Gasteiger partial charge in [-0.15, -0.1) is 0 Å². The molecule has 0 heterocycles. The van der Waals surface area contributed by atoms with Crippen LogP contribution in [-0.4, -0.2) is 12.2 Å². The number of benzene rings is 1. The van der Waals surface area contributed by atoms with E-state index in [1.54, 1.807) is 13.2 Å². The number of allylic oxidation sites excluding steroid dienone is 2. The lowest BCUT2D eigenvalue weighted by Crippen LogP contribution is -1.87. The van der Waals surface area contributed by atoms with Crippen molar-refractivity contribution in [2.24, 2.45) is 0 Å². The van der Waals surface area contributed by atoms with E-state index in [1.165, 1.54) is 0 Å². The molecule has 1 aromatic carbocycles. The quantitative estimate of drug-likeness (QED) is 0.816. The van der Waals surface area contributed by atoms with Gasteiger partial charge in [0.1, 0.15) is 0 Å². The first-order chi connectivity index (χ1) is 7.22. The zero-order valence-corrected chi connectivity index (χ0v) is 9.32. The van der Waals surface area contributed by atoms with Crippen molar-refractivity contribution in [3.05, 3.63) is 35.4 Å². The Morgan fingerprint density at radius 1 is 1.07 bits per heavy atom. The van der Waals surface area contributed by atoms with Gasteiger partial charge in [0.15, 0.2) is 11.5 Å². The normalized spacial score (nSPS) is 11.4. The predicted octanol–water partition coefficient (Wildman–Crippen LogP) is 3.47. The summed E-state index contributed by atoms with van der Waals surface area (Å²) in [6.07, 6.45) is 7.83. The number of ether oxygens (including phenoxy) is 1. The van der Waals surface area contributed by atoms with Crippen LogP contribution in [-0.2, 0) is 0 Å². The lowest BCUT2D eigenvalue weighted by molar-refractivity contribution is 0.373. The van der Waals surface area contributed by atoms with Crippen molar-refractivity contribution < 1.29 is 9.84 Å². The maximum atomic E-state index is 9.63. The Hall–Kier alpha value is -1.70. The molecule has 0 amide bonds. The summed E-state index contributed by atoms with van der Waals surface area (Å²) in [7, 11) is 1.55. The average molecular weight is 204 g/mol. The van der Waals surface area contributed by atoms with Crippen molar-refractivity contribution in [3.63, 3.8) is 0 Å². The van der Waals surface area contributed by atoms with Gasteiger partial charge in [-0.1, -0.05) is 24.3 Å². The van der Waals surface area contributed by atoms with Gasteiger partial charge in [-0.2, -0.15) is 0 Å². The molecule has 0 atom stereocenters. The summed E-state index contributed by atoms with van der Waals surface area (Å²) in [5.74, 6) is 0.662. The third-order valence-electron chi connectivity index (χ3n) is 2.08. The molecule has 0 aliphatic heterocycles. The number of phenolic OH excluding ortho intramolecular Hbond substituents is 1. The first-order valence-electron chi connectivity index (χ1n) is 4.89. The van der Waals surface area contributed by atoms with Crippen LogP contribution in [0.5, 0.6) is 11.5 Å². The highest BCUT2D eigenvalue weighted by Crippen LogP contribution is 2.30. The molecule has 1 N–H and O–H groups in total. The molecule has 0 unspecified atom stereocenters. The van der Waals surface area contributed by atoms with Gasteiger partial charge in [0.25, 0.3) is 0 Å². The molecule has 80 valence electrons. The van der Waals surface area contributed by atoms with Crippen LogP contribution in [0.25, 0.3) is 12.2 Å². The molecule has 0 aliphatic carbocycles. The Morgan fingerprint density at radius 3 is 2.07 bits per heavy atom. The summed E-state index contributed by atoms with van der Waals surface area (Å²) < 4.78 is 5.06. The highest BCUT2D eigenvalue weighted by atomic mass is 16.5. The zero-order valence-electron chi connectivity index (χ0n) is 9.32. The number of methoxy groups -OCH3 is 1. The van der Waals surface area contributed by atoms with Crippen molar-refractivity contribution >= 4 is 12.2 Å². The lowest BCUT2D eigenvalue weighted by Gasteiger charge is -2.07. The van der Waals surface area contributed by atoms with Crippen LogP contribution in [0.3, 0.4) is 0 Å². The van der Waals surface area contributed by atoms with E-state index in [0.717, 1.165) is 11.1 Å². The molecule has 0 saturated heterocycles. The number of aromatic hydroxyl groups is 1. The number of hydrogen-bond donors (Lipinski definition) is 1. The monoisotopic (exact) mass is 204 g/mol. The largest absolute Gasteiger partial charge is 0.504 e. The molecule has 15 heavy (non-hydrogen) atoms. The molecule has 1 aromatic rings. The van der Waals surface area contributed by atoms with E-state index in [1.807, 2.05) is 44.2 Å². The van der Waals surface area contributed by atoms with Gasteiger partial charge < -0.3 is 9.84 Å². The van der Waals surface area contributed by atoms with Gasteiger partial charge in [0.2, 0.25) is 0 Å². The Balaban J connectivity index is 3.31. The van der Waals surface area contributed by atoms with E-state index in [-0.39, 0.29) is 5.75 Å². The van der Waals surface area contributed by atoms with Gasteiger partial charge in [-0.25, -0.2) is 0 Å². The summed E-state index contributed by atoms with van der Waals surface area (Å²) in [4.78, 5) is 0. The van der Waals surface area contributed by atoms with Crippen LogP contribution < -0.4 is 4.74 Å². The summed E-state index contributed by atoms with van der Waals surface area (Å²) in [6.45, 7) is 3.90. The van der Waals surface area contributed by atoms with Crippen LogP contribution in [0.1, 0.15) is 25.0 Å².